The van der Waals surface area contributed by atoms with Crippen molar-refractivity contribution in [3.05, 3.63) is 81.8 Å². The third-order valence-electron chi connectivity index (χ3n) is 6.66. The van der Waals surface area contributed by atoms with E-state index < -0.39 is 5.82 Å². The highest BCUT2D eigenvalue weighted by molar-refractivity contribution is 7.10. The van der Waals surface area contributed by atoms with Gasteiger partial charge in [0.25, 0.3) is 5.91 Å². The zero-order chi connectivity index (χ0) is 25.7. The van der Waals surface area contributed by atoms with E-state index in [9.17, 15) is 14.0 Å². The molecule has 0 fully saturated rings. The molecule has 0 bridgehead atoms. The van der Waals surface area contributed by atoms with Gasteiger partial charge in [-0.25, -0.2) is 4.39 Å². The fraction of sp³-hybridized carbons (Fsp3) is 0.357. The molecule has 0 spiro atoms. The number of methoxy groups -OCH3 is 1. The number of carbonyl (C=O) groups is 2. The van der Waals surface area contributed by atoms with E-state index in [1.807, 2.05) is 54.5 Å². The first-order chi connectivity index (χ1) is 17.4. The Morgan fingerprint density at radius 2 is 1.86 bits per heavy atom. The summed E-state index contributed by atoms with van der Waals surface area (Å²) in [6, 6.07) is 14.5. The molecule has 36 heavy (non-hydrogen) atoms. The first kappa shape index (κ1) is 25.7. The van der Waals surface area contributed by atoms with E-state index in [1.54, 1.807) is 23.3 Å². The van der Waals surface area contributed by atoms with Crippen LogP contribution >= 0.6 is 11.3 Å². The Morgan fingerprint density at radius 1 is 1.14 bits per heavy atom. The molecule has 0 saturated carbocycles. The summed E-state index contributed by atoms with van der Waals surface area (Å²) in [6.07, 6.45) is 1.45. The smallest absolute Gasteiger partial charge is 0.254 e. The van der Waals surface area contributed by atoms with Crippen LogP contribution in [-0.4, -0.2) is 54.5 Å². The minimum Gasteiger partial charge on any atom is -0.493 e. The molecule has 2 amide bonds. The highest BCUT2D eigenvalue weighted by atomic mass is 32.1. The molecule has 6 nitrogen and oxygen atoms in total. The van der Waals surface area contributed by atoms with Gasteiger partial charge >= 0.3 is 0 Å². The van der Waals surface area contributed by atoms with Crippen LogP contribution in [-0.2, 0) is 11.2 Å². The number of hydrogen-bond donors (Lipinski definition) is 0. The van der Waals surface area contributed by atoms with E-state index in [2.05, 4.69) is 0 Å². The summed E-state index contributed by atoms with van der Waals surface area (Å²) in [5.74, 6) is 0.409. The number of benzene rings is 2. The lowest BCUT2D eigenvalue weighted by Gasteiger charge is -2.38. The Balaban J connectivity index is 1.56. The van der Waals surface area contributed by atoms with Crippen molar-refractivity contribution in [3.8, 4) is 11.5 Å². The van der Waals surface area contributed by atoms with Crippen LogP contribution in [0.15, 0.2) is 60.0 Å². The molecule has 0 saturated heterocycles. The van der Waals surface area contributed by atoms with Crippen LogP contribution < -0.4 is 9.47 Å². The zero-order valence-electron chi connectivity index (χ0n) is 20.8. The maximum absolute atomic E-state index is 13.7. The van der Waals surface area contributed by atoms with Crippen molar-refractivity contribution in [3.63, 3.8) is 0 Å². The van der Waals surface area contributed by atoms with Gasteiger partial charge < -0.3 is 19.3 Å². The predicted molar refractivity (Wildman–Crippen MR) is 138 cm³/mol. The van der Waals surface area contributed by atoms with E-state index in [1.165, 1.54) is 29.1 Å². The standard InChI is InChI=1S/C28H31FN2O4S/c1-4-19(2)31(28(33)20-9-11-21(29)12-10-20)17-27(32)30-15-13-26-22(14-16-36-26)23(30)18-35-25-8-6-5-7-24(25)34-3/h5-12,14,16,19,23H,4,13,15,17-18H2,1-3H3/t19-,23+/m1/s1. The summed E-state index contributed by atoms with van der Waals surface area (Å²) in [5, 5.41) is 2.04. The zero-order valence-corrected chi connectivity index (χ0v) is 21.6. The second-order valence-corrected chi connectivity index (χ2v) is 9.81. The van der Waals surface area contributed by atoms with E-state index in [0.29, 0.717) is 30.0 Å². The van der Waals surface area contributed by atoms with Gasteiger partial charge in [-0.15, -0.1) is 11.3 Å². The summed E-state index contributed by atoms with van der Waals surface area (Å²) in [5.41, 5.74) is 1.44. The van der Waals surface area contributed by atoms with E-state index >= 15 is 0 Å². The summed E-state index contributed by atoms with van der Waals surface area (Å²) >= 11 is 1.68. The summed E-state index contributed by atoms with van der Waals surface area (Å²) < 4.78 is 25.0. The molecule has 0 unspecified atom stereocenters. The molecule has 1 aliphatic heterocycles. The average Bonchev–Trinajstić information content (AvgIpc) is 3.39. The normalized spacial score (nSPS) is 15.7. The number of rotatable bonds is 9. The number of hydrogen-bond acceptors (Lipinski definition) is 5. The quantitative estimate of drug-likeness (QED) is 0.390. The largest absolute Gasteiger partial charge is 0.493 e. The first-order valence-corrected chi connectivity index (χ1v) is 13.0. The highest BCUT2D eigenvalue weighted by Gasteiger charge is 2.34. The van der Waals surface area contributed by atoms with Gasteiger partial charge in [-0.05, 0) is 73.2 Å². The molecule has 0 radical (unpaired) electrons. The van der Waals surface area contributed by atoms with Crippen LogP contribution in [0.1, 0.15) is 47.1 Å². The van der Waals surface area contributed by atoms with Crippen LogP contribution in [0.3, 0.4) is 0 Å². The molecular weight excluding hydrogens is 479 g/mol. The van der Waals surface area contributed by atoms with Crippen LogP contribution in [0.5, 0.6) is 11.5 Å². The molecule has 2 heterocycles. The number of amides is 2. The summed E-state index contributed by atoms with van der Waals surface area (Å²) in [6.45, 7) is 4.65. The van der Waals surface area contributed by atoms with Gasteiger partial charge in [0, 0.05) is 23.0 Å². The number of ether oxygens (including phenoxy) is 2. The highest BCUT2D eigenvalue weighted by Crippen LogP contribution is 2.35. The molecule has 190 valence electrons. The second-order valence-electron chi connectivity index (χ2n) is 8.81. The van der Waals surface area contributed by atoms with Crippen LogP contribution in [0.4, 0.5) is 4.39 Å². The number of thiophene rings is 1. The Morgan fingerprint density at radius 3 is 2.56 bits per heavy atom. The van der Waals surface area contributed by atoms with Gasteiger partial charge in [-0.3, -0.25) is 9.59 Å². The molecular formula is C28H31FN2O4S. The maximum atomic E-state index is 13.7. The van der Waals surface area contributed by atoms with Gasteiger partial charge in [-0.1, -0.05) is 19.1 Å². The van der Waals surface area contributed by atoms with Crippen molar-refractivity contribution in [2.75, 3.05) is 26.8 Å². The van der Waals surface area contributed by atoms with E-state index in [0.717, 1.165) is 12.0 Å². The van der Waals surface area contributed by atoms with Crippen LogP contribution in [0.2, 0.25) is 0 Å². The Hall–Kier alpha value is -3.39. The SMILES string of the molecule is CC[C@@H](C)N(CC(=O)N1CCc2sccc2[C@@H]1COc1ccccc1OC)C(=O)c1ccc(F)cc1. The van der Waals surface area contributed by atoms with Crippen molar-refractivity contribution in [2.24, 2.45) is 0 Å². The molecule has 2 aromatic carbocycles. The molecule has 2 atom stereocenters. The van der Waals surface area contributed by atoms with E-state index in [4.69, 9.17) is 9.47 Å². The van der Waals surface area contributed by atoms with Crippen molar-refractivity contribution in [1.82, 2.24) is 9.80 Å². The Labute approximate surface area is 215 Å². The lowest BCUT2D eigenvalue weighted by molar-refractivity contribution is -0.136. The second kappa shape index (κ2) is 11.6. The van der Waals surface area contributed by atoms with Crippen molar-refractivity contribution in [1.29, 1.82) is 0 Å². The maximum Gasteiger partial charge on any atom is 0.254 e. The minimum absolute atomic E-state index is 0.0597. The van der Waals surface area contributed by atoms with Gasteiger partial charge in [0.05, 0.1) is 13.2 Å². The lowest BCUT2D eigenvalue weighted by Crippen LogP contribution is -2.49. The average molecular weight is 511 g/mol. The molecule has 1 aromatic heterocycles. The van der Waals surface area contributed by atoms with Crippen LogP contribution in [0.25, 0.3) is 0 Å². The summed E-state index contributed by atoms with van der Waals surface area (Å²) in [7, 11) is 1.59. The topological polar surface area (TPSA) is 59.1 Å². The van der Waals surface area contributed by atoms with Crippen LogP contribution in [0, 0.1) is 5.82 Å². The summed E-state index contributed by atoms with van der Waals surface area (Å²) in [4.78, 5) is 31.6. The number of carbonyl (C=O) groups excluding carboxylic acids is 2. The van der Waals surface area contributed by atoms with Gasteiger partial charge in [0.1, 0.15) is 19.0 Å². The molecule has 4 rings (SSSR count). The predicted octanol–water partition coefficient (Wildman–Crippen LogP) is 5.34. The molecule has 0 N–H and O–H groups in total. The molecule has 3 aromatic rings. The number of nitrogens with zero attached hydrogens (tertiary/aromatic N) is 2. The number of para-hydroxylation sites is 2. The Kier molecular flexibility index (Phi) is 8.25. The molecule has 8 heteroatoms. The van der Waals surface area contributed by atoms with Gasteiger partial charge in [0.2, 0.25) is 5.91 Å². The first-order valence-electron chi connectivity index (χ1n) is 12.1. The fourth-order valence-corrected chi connectivity index (χ4v) is 5.35. The monoisotopic (exact) mass is 510 g/mol. The third kappa shape index (κ3) is 5.54. The minimum atomic E-state index is -0.407. The van der Waals surface area contributed by atoms with Crippen molar-refractivity contribution in [2.45, 2.75) is 38.8 Å². The third-order valence-corrected chi connectivity index (χ3v) is 7.66. The molecule has 0 aliphatic carbocycles. The molecule has 1 aliphatic rings. The van der Waals surface area contributed by atoms with Gasteiger partial charge in [-0.2, -0.15) is 0 Å². The number of fused-ring (bicyclic) bond motifs is 1. The Bertz CT molecular complexity index is 1200. The fourth-order valence-electron chi connectivity index (χ4n) is 4.42. The van der Waals surface area contributed by atoms with Crippen molar-refractivity contribution >= 4 is 23.2 Å². The number of halogens is 1. The van der Waals surface area contributed by atoms with Crippen molar-refractivity contribution < 1.29 is 23.5 Å². The van der Waals surface area contributed by atoms with E-state index in [-0.39, 0.29) is 37.0 Å². The van der Waals surface area contributed by atoms with Gasteiger partial charge in [0.15, 0.2) is 11.5 Å². The lowest BCUT2D eigenvalue weighted by atomic mass is 10.00.